The molecule has 1 amide bonds. The summed E-state index contributed by atoms with van der Waals surface area (Å²) in [6, 6.07) is 5.22. The van der Waals surface area contributed by atoms with Crippen LogP contribution < -0.4 is 19.5 Å². The van der Waals surface area contributed by atoms with E-state index in [2.05, 4.69) is 17.2 Å². The summed E-state index contributed by atoms with van der Waals surface area (Å²) in [7, 11) is -2.04. The first-order chi connectivity index (χ1) is 11.4. The van der Waals surface area contributed by atoms with E-state index < -0.39 is 15.9 Å². The molecule has 0 aromatic heterocycles. The summed E-state index contributed by atoms with van der Waals surface area (Å²) < 4.78 is 39.2. The van der Waals surface area contributed by atoms with Crippen LogP contribution in [0.4, 0.5) is 0 Å². The lowest BCUT2D eigenvalue weighted by Crippen LogP contribution is -2.37. The zero-order chi connectivity index (χ0) is 17.6. The van der Waals surface area contributed by atoms with Gasteiger partial charge in [-0.1, -0.05) is 11.8 Å². The number of hydrogen-bond acceptors (Lipinski definition) is 6. The molecule has 2 rings (SSSR count). The summed E-state index contributed by atoms with van der Waals surface area (Å²) in [5, 5.41) is 2.51. The third-order valence-electron chi connectivity index (χ3n) is 3.09. The molecule has 0 unspecified atom stereocenters. The molecule has 1 aromatic carbocycles. The Morgan fingerprint density at radius 2 is 2.08 bits per heavy atom. The standard InChI is InChI=1S/C15H18N2O6S/c1-17(24(2,19)20)10-15(18)16-7-3-4-8-21-12-5-6-13-14(9-12)23-11-22-13/h5-6,9H,7-8,10-11H2,1-2H3,(H,16,18). The molecular formula is C15H18N2O6S. The Kier molecular flexibility index (Phi) is 5.89. The van der Waals surface area contributed by atoms with Crippen molar-refractivity contribution < 1.29 is 27.4 Å². The predicted molar refractivity (Wildman–Crippen MR) is 86.3 cm³/mol. The molecule has 1 aliphatic heterocycles. The van der Waals surface area contributed by atoms with E-state index in [0.717, 1.165) is 10.6 Å². The molecule has 0 aliphatic carbocycles. The third-order valence-corrected chi connectivity index (χ3v) is 4.35. The normalized spacial score (nSPS) is 12.5. The number of amides is 1. The van der Waals surface area contributed by atoms with Crippen molar-refractivity contribution in [3.05, 3.63) is 18.2 Å². The van der Waals surface area contributed by atoms with Gasteiger partial charge in [-0.2, -0.15) is 4.31 Å². The van der Waals surface area contributed by atoms with E-state index in [9.17, 15) is 13.2 Å². The molecule has 1 aliphatic rings. The first-order valence-corrected chi connectivity index (χ1v) is 8.87. The monoisotopic (exact) mass is 354 g/mol. The Bertz CT molecular complexity index is 766. The molecule has 9 heteroatoms. The SMILES string of the molecule is CN(CC(=O)NCC#CCOc1ccc2c(c1)OCO2)S(C)(=O)=O. The number of benzene rings is 1. The lowest BCUT2D eigenvalue weighted by Gasteiger charge is -2.12. The fourth-order valence-corrected chi connectivity index (χ4v) is 2.07. The Labute approximate surface area is 140 Å². The number of likely N-dealkylation sites (N-methyl/N-ethyl adjacent to an activating group) is 1. The first kappa shape index (κ1) is 17.9. The van der Waals surface area contributed by atoms with Gasteiger partial charge in [0.05, 0.1) is 19.3 Å². The van der Waals surface area contributed by atoms with E-state index in [1.807, 2.05) is 0 Å². The molecule has 0 spiro atoms. The molecule has 24 heavy (non-hydrogen) atoms. The van der Waals surface area contributed by atoms with Crippen LogP contribution in [0, 0.1) is 11.8 Å². The zero-order valence-corrected chi connectivity index (χ0v) is 14.2. The maximum absolute atomic E-state index is 11.5. The minimum atomic E-state index is -3.37. The summed E-state index contributed by atoms with van der Waals surface area (Å²) in [5.41, 5.74) is 0. The van der Waals surface area contributed by atoms with Gasteiger partial charge in [-0.15, -0.1) is 0 Å². The van der Waals surface area contributed by atoms with Crippen LogP contribution in [0.3, 0.4) is 0 Å². The number of rotatable bonds is 6. The molecule has 1 aromatic rings. The summed E-state index contributed by atoms with van der Waals surface area (Å²) >= 11 is 0. The van der Waals surface area contributed by atoms with E-state index in [0.29, 0.717) is 17.2 Å². The highest BCUT2D eigenvalue weighted by atomic mass is 32.2. The van der Waals surface area contributed by atoms with Crippen molar-refractivity contribution in [3.63, 3.8) is 0 Å². The number of hydrogen-bond donors (Lipinski definition) is 1. The largest absolute Gasteiger partial charge is 0.481 e. The average molecular weight is 354 g/mol. The average Bonchev–Trinajstić information content (AvgIpc) is 2.97. The highest BCUT2D eigenvalue weighted by Gasteiger charge is 2.14. The Morgan fingerprint density at radius 3 is 2.83 bits per heavy atom. The predicted octanol–water partition coefficient (Wildman–Crippen LogP) is -0.195. The smallest absolute Gasteiger partial charge is 0.236 e. The molecule has 0 radical (unpaired) electrons. The van der Waals surface area contributed by atoms with Crippen LogP contribution in [0.5, 0.6) is 17.2 Å². The maximum Gasteiger partial charge on any atom is 0.236 e. The highest BCUT2D eigenvalue weighted by Crippen LogP contribution is 2.34. The topological polar surface area (TPSA) is 94.2 Å². The van der Waals surface area contributed by atoms with Gasteiger partial charge >= 0.3 is 0 Å². The van der Waals surface area contributed by atoms with Crippen molar-refractivity contribution in [2.45, 2.75) is 0 Å². The fraction of sp³-hybridized carbons (Fsp3) is 0.400. The minimum absolute atomic E-state index is 0.112. The number of carbonyl (C=O) groups excluding carboxylic acids is 1. The molecule has 130 valence electrons. The van der Waals surface area contributed by atoms with Crippen LogP contribution in [-0.2, 0) is 14.8 Å². The van der Waals surface area contributed by atoms with Crippen molar-refractivity contribution in [2.75, 3.05) is 39.8 Å². The van der Waals surface area contributed by atoms with Crippen molar-refractivity contribution in [3.8, 4) is 29.1 Å². The van der Waals surface area contributed by atoms with Gasteiger partial charge in [0.25, 0.3) is 0 Å². The van der Waals surface area contributed by atoms with Gasteiger partial charge in [0.2, 0.25) is 22.7 Å². The van der Waals surface area contributed by atoms with Crippen molar-refractivity contribution in [2.24, 2.45) is 0 Å². The van der Waals surface area contributed by atoms with Crippen LogP contribution in [0.15, 0.2) is 18.2 Å². The molecule has 0 atom stereocenters. The van der Waals surface area contributed by atoms with Gasteiger partial charge in [0.1, 0.15) is 12.4 Å². The number of fused-ring (bicyclic) bond motifs is 1. The molecule has 0 fully saturated rings. The van der Waals surface area contributed by atoms with Gasteiger partial charge in [0, 0.05) is 13.1 Å². The highest BCUT2D eigenvalue weighted by molar-refractivity contribution is 7.88. The Morgan fingerprint density at radius 1 is 1.33 bits per heavy atom. The molecule has 1 heterocycles. The third kappa shape index (κ3) is 5.33. The van der Waals surface area contributed by atoms with Gasteiger partial charge in [0.15, 0.2) is 11.5 Å². The van der Waals surface area contributed by atoms with Crippen LogP contribution >= 0.6 is 0 Å². The fourth-order valence-electron chi connectivity index (χ4n) is 1.72. The summed E-state index contributed by atoms with van der Waals surface area (Å²) in [6.45, 7) is 0.223. The second-order valence-electron chi connectivity index (χ2n) is 4.95. The van der Waals surface area contributed by atoms with E-state index in [1.54, 1.807) is 18.2 Å². The molecule has 0 saturated carbocycles. The van der Waals surface area contributed by atoms with Crippen LogP contribution in [0.25, 0.3) is 0 Å². The van der Waals surface area contributed by atoms with Crippen LogP contribution in [-0.4, -0.2) is 58.4 Å². The summed E-state index contributed by atoms with van der Waals surface area (Å²) in [6.07, 6.45) is 1.04. The second kappa shape index (κ2) is 7.90. The van der Waals surface area contributed by atoms with Crippen molar-refractivity contribution >= 4 is 15.9 Å². The Balaban J connectivity index is 1.68. The lowest BCUT2D eigenvalue weighted by atomic mass is 10.3. The molecular weight excluding hydrogens is 336 g/mol. The molecule has 0 bridgehead atoms. The summed E-state index contributed by atoms with van der Waals surface area (Å²) in [5.74, 6) is 6.96. The van der Waals surface area contributed by atoms with Crippen molar-refractivity contribution in [1.82, 2.24) is 9.62 Å². The van der Waals surface area contributed by atoms with Crippen molar-refractivity contribution in [1.29, 1.82) is 0 Å². The van der Waals surface area contributed by atoms with E-state index >= 15 is 0 Å². The summed E-state index contributed by atoms with van der Waals surface area (Å²) in [4.78, 5) is 11.5. The van der Waals surface area contributed by atoms with Gasteiger partial charge in [-0.3, -0.25) is 4.79 Å². The van der Waals surface area contributed by atoms with E-state index in [1.165, 1.54) is 7.05 Å². The zero-order valence-electron chi connectivity index (χ0n) is 13.4. The van der Waals surface area contributed by atoms with Gasteiger partial charge in [-0.25, -0.2) is 8.42 Å². The molecule has 1 N–H and O–H groups in total. The van der Waals surface area contributed by atoms with E-state index in [4.69, 9.17) is 14.2 Å². The number of ether oxygens (including phenoxy) is 3. The first-order valence-electron chi connectivity index (χ1n) is 7.02. The van der Waals surface area contributed by atoms with E-state index in [-0.39, 0.29) is 26.5 Å². The van der Waals surface area contributed by atoms with Crippen LogP contribution in [0.1, 0.15) is 0 Å². The lowest BCUT2D eigenvalue weighted by molar-refractivity contribution is -0.120. The number of nitrogens with one attached hydrogen (secondary N) is 1. The Hall–Kier alpha value is -2.44. The number of sulfonamides is 1. The minimum Gasteiger partial charge on any atom is -0.481 e. The van der Waals surface area contributed by atoms with Gasteiger partial charge in [-0.05, 0) is 12.1 Å². The molecule has 8 nitrogen and oxygen atoms in total. The quantitative estimate of drug-likeness (QED) is 0.712. The number of carbonyl (C=O) groups is 1. The van der Waals surface area contributed by atoms with Gasteiger partial charge < -0.3 is 19.5 Å². The van der Waals surface area contributed by atoms with Crippen LogP contribution in [0.2, 0.25) is 0 Å². The maximum atomic E-state index is 11.5. The number of nitrogens with zero attached hydrogens (tertiary/aromatic N) is 1. The molecule has 0 saturated heterocycles. The second-order valence-corrected chi connectivity index (χ2v) is 7.04.